The van der Waals surface area contributed by atoms with Gasteiger partial charge in [-0.2, -0.15) is 0 Å². The van der Waals surface area contributed by atoms with E-state index in [1.54, 1.807) is 0 Å². The molecule has 0 amide bonds. The maximum Gasteiger partial charge on any atom is 0.306 e. The predicted molar refractivity (Wildman–Crippen MR) is 49.7 cm³/mol. The predicted octanol–water partition coefficient (Wildman–Crippen LogP) is -2.07. The van der Waals surface area contributed by atoms with Crippen LogP contribution in [0.3, 0.4) is 0 Å². The molecular weight excluding hydrogens is 294 g/mol. The van der Waals surface area contributed by atoms with Crippen LogP contribution in [0.15, 0.2) is 0 Å². The molecule has 0 bridgehead atoms. The summed E-state index contributed by atoms with van der Waals surface area (Å²) in [5, 5.41) is 17.2. The number of aliphatic hydroxyl groups is 1. The average Bonchev–Trinajstić information content (AvgIpc) is 1.93. The maximum atomic E-state index is 11.1. The van der Waals surface area contributed by atoms with Crippen molar-refractivity contribution in [3.63, 3.8) is 0 Å². The number of hydrogen-bond donors (Lipinski definition) is 2. The van der Waals surface area contributed by atoms with Gasteiger partial charge in [0.1, 0.15) is 0 Å². The number of aliphatic hydroxyl groups excluding tert-OH is 1. The molecule has 0 aliphatic heterocycles. The van der Waals surface area contributed by atoms with Crippen molar-refractivity contribution in [1.29, 1.82) is 0 Å². The molecule has 0 rings (SSSR count). The Hall–Kier alpha value is -0.310. The van der Waals surface area contributed by atoms with Gasteiger partial charge >= 0.3 is 5.97 Å². The van der Waals surface area contributed by atoms with Crippen molar-refractivity contribution in [2.45, 2.75) is 25.4 Å². The molecule has 1 unspecified atom stereocenters. The van der Waals surface area contributed by atoms with Crippen LogP contribution in [-0.4, -0.2) is 28.4 Å². The van der Waals surface area contributed by atoms with Crippen LogP contribution in [0.5, 0.6) is 0 Å². The first-order valence-electron chi connectivity index (χ1n) is 4.47. The maximum absolute atomic E-state index is 11.1. The summed E-state index contributed by atoms with van der Waals surface area (Å²) in [6, 6.07) is 0. The van der Waals surface area contributed by atoms with Gasteiger partial charge in [0.2, 0.25) is 0 Å². The topological polar surface area (TPSA) is 179 Å². The van der Waals surface area contributed by atoms with Gasteiger partial charge in [-0.3, -0.25) is 13.7 Å². The molecule has 0 saturated heterocycles. The van der Waals surface area contributed by atoms with Crippen LogP contribution in [0.4, 0.5) is 0 Å². The average molecular weight is 305 g/mol. The van der Waals surface area contributed by atoms with E-state index in [2.05, 4.69) is 8.83 Å². The van der Waals surface area contributed by atoms with Gasteiger partial charge in [-0.1, -0.05) is 0 Å². The summed E-state index contributed by atoms with van der Waals surface area (Å²) in [5.74, 6) is -1.45. The van der Waals surface area contributed by atoms with E-state index in [0.29, 0.717) is 0 Å². The van der Waals surface area contributed by atoms with Crippen LogP contribution in [0.1, 0.15) is 19.8 Å². The summed E-state index contributed by atoms with van der Waals surface area (Å²) in [7, 11) is -11.4. The molecule has 0 aromatic rings. The highest BCUT2D eigenvalue weighted by molar-refractivity contribution is 7.58. The first-order chi connectivity index (χ1) is 7.89. The Morgan fingerprint density at radius 3 is 2.17 bits per heavy atom. The van der Waals surface area contributed by atoms with E-state index in [-0.39, 0.29) is 0 Å². The van der Waals surface area contributed by atoms with Gasteiger partial charge in [-0.15, -0.1) is 0 Å². The Labute approximate surface area is 102 Å². The fraction of sp³-hybridized carbons (Fsp3) is 0.833. The van der Waals surface area contributed by atoms with Crippen molar-refractivity contribution in [1.82, 2.24) is 0 Å². The van der Waals surface area contributed by atoms with Crippen molar-refractivity contribution in [3.05, 3.63) is 0 Å². The Morgan fingerprint density at radius 2 is 1.83 bits per heavy atom. The lowest BCUT2D eigenvalue weighted by molar-refractivity contribution is -0.340. The number of aliphatic carboxylic acids is 1. The van der Waals surface area contributed by atoms with E-state index in [4.69, 9.17) is 10.2 Å². The quantitative estimate of drug-likeness (QED) is 0.473. The smallest absolute Gasteiger partial charge is 0.306 e. The number of carbonyl (C=O) groups is 1. The third kappa shape index (κ3) is 7.91. The molecule has 0 spiro atoms. The zero-order valence-electron chi connectivity index (χ0n) is 9.18. The highest BCUT2D eigenvalue weighted by Gasteiger charge is 2.33. The molecule has 0 aromatic carbocycles. The largest absolute Gasteiger partial charge is 0.790 e. The van der Waals surface area contributed by atoms with Crippen molar-refractivity contribution in [3.8, 4) is 0 Å². The van der Waals surface area contributed by atoms with Crippen LogP contribution in [0, 0.1) is 0 Å². The number of carboxylic acids is 1. The zero-order valence-corrected chi connectivity index (χ0v) is 11.0. The first kappa shape index (κ1) is 17.7. The Balaban J connectivity index is 4.92. The third-order valence-electron chi connectivity index (χ3n) is 1.70. The second kappa shape index (κ2) is 6.23. The molecular formula is C6H11O10P2-3. The molecule has 0 fully saturated rings. The van der Waals surface area contributed by atoms with E-state index in [1.807, 2.05) is 0 Å². The fourth-order valence-electron chi connectivity index (χ4n) is 1.13. The van der Waals surface area contributed by atoms with E-state index in [0.717, 1.165) is 6.92 Å². The highest BCUT2D eigenvalue weighted by atomic mass is 31.3. The summed E-state index contributed by atoms with van der Waals surface area (Å²) in [6.07, 6.45) is -1.26. The number of phosphoric ester groups is 1. The van der Waals surface area contributed by atoms with Crippen LogP contribution >= 0.6 is 15.6 Å². The molecule has 108 valence electrons. The molecule has 0 radical (unpaired) electrons. The van der Waals surface area contributed by atoms with Crippen LogP contribution in [0.2, 0.25) is 0 Å². The number of rotatable bonds is 8. The molecule has 0 heterocycles. The number of carboxylic acid groups (broad SMARTS) is 1. The number of hydrogen-bond acceptors (Lipinski definition) is 9. The van der Waals surface area contributed by atoms with Crippen LogP contribution in [0.25, 0.3) is 0 Å². The molecule has 0 aliphatic rings. The van der Waals surface area contributed by atoms with Crippen LogP contribution in [-0.2, 0) is 22.8 Å². The summed E-state index contributed by atoms with van der Waals surface area (Å²) >= 11 is 0. The molecule has 0 aliphatic carbocycles. The second-order valence-corrected chi connectivity index (χ2v) is 6.19. The van der Waals surface area contributed by atoms with Crippen molar-refractivity contribution in [2.24, 2.45) is 0 Å². The lowest BCUT2D eigenvalue weighted by Crippen LogP contribution is -2.34. The third-order valence-corrected chi connectivity index (χ3v) is 3.96. The lowest BCUT2D eigenvalue weighted by Gasteiger charge is -2.39. The summed E-state index contributed by atoms with van der Waals surface area (Å²) in [6.45, 7) is 0.391. The van der Waals surface area contributed by atoms with Gasteiger partial charge in [-0.05, 0) is 6.92 Å². The van der Waals surface area contributed by atoms with E-state index in [1.165, 1.54) is 0 Å². The summed E-state index contributed by atoms with van der Waals surface area (Å²) < 4.78 is 28.6. The minimum Gasteiger partial charge on any atom is -0.790 e. The molecule has 2 N–H and O–H groups in total. The van der Waals surface area contributed by atoms with Gasteiger partial charge in [0.15, 0.2) is 0 Å². The Kier molecular flexibility index (Phi) is 6.12. The molecule has 0 saturated carbocycles. The second-order valence-electron chi connectivity index (χ2n) is 3.56. The minimum absolute atomic E-state index is 0.420. The van der Waals surface area contributed by atoms with E-state index < -0.39 is 46.7 Å². The van der Waals surface area contributed by atoms with Crippen molar-refractivity contribution in [2.75, 3.05) is 6.61 Å². The van der Waals surface area contributed by atoms with Crippen molar-refractivity contribution < 1.29 is 47.7 Å². The van der Waals surface area contributed by atoms with E-state index >= 15 is 0 Å². The van der Waals surface area contributed by atoms with Gasteiger partial charge in [0.05, 0.1) is 19.8 Å². The molecule has 0 aromatic heterocycles. The highest BCUT2D eigenvalue weighted by Crippen LogP contribution is 2.53. The lowest BCUT2D eigenvalue weighted by atomic mass is 9.99. The zero-order chi connectivity index (χ0) is 14.6. The Morgan fingerprint density at radius 1 is 1.33 bits per heavy atom. The van der Waals surface area contributed by atoms with Gasteiger partial charge in [0.25, 0.3) is 7.82 Å². The van der Waals surface area contributed by atoms with Gasteiger partial charge in [0, 0.05) is 13.0 Å². The van der Waals surface area contributed by atoms with Gasteiger partial charge < -0.3 is 34.0 Å². The number of phosphoric acid groups is 2. The van der Waals surface area contributed by atoms with Crippen molar-refractivity contribution >= 4 is 21.6 Å². The standard InChI is InChI=1S/C6H14O10P2/c1-6(2-3-7,4-5(8)9)15-18(13,14)16-17(10,11)12/h7H,2-4H2,1H3,(H,8,9)(H,13,14)(H2,10,11,12)/p-3/t6-/m1/s1. The molecule has 18 heavy (non-hydrogen) atoms. The molecule has 12 heteroatoms. The molecule has 2 atom stereocenters. The van der Waals surface area contributed by atoms with E-state index in [9.17, 15) is 28.6 Å². The Bertz CT molecular complexity index is 388. The van der Waals surface area contributed by atoms with Gasteiger partial charge in [-0.25, -0.2) is 0 Å². The van der Waals surface area contributed by atoms with Crippen LogP contribution < -0.4 is 14.7 Å². The molecule has 10 nitrogen and oxygen atoms in total. The first-order valence-corrected chi connectivity index (χ1v) is 7.39. The monoisotopic (exact) mass is 305 g/mol. The summed E-state index contributed by atoms with van der Waals surface area (Å²) in [4.78, 5) is 41.8. The minimum atomic E-state index is -5.84. The fourth-order valence-corrected chi connectivity index (χ4v) is 2.94. The summed E-state index contributed by atoms with van der Waals surface area (Å²) in [5.41, 5.74) is -1.92. The normalized spacial score (nSPS) is 18.9. The SMILES string of the molecule is C[C@@](CCO)(CC(=O)O)OP(=O)([O-])OP(=O)([O-])[O-].